The van der Waals surface area contributed by atoms with Crippen molar-refractivity contribution in [2.45, 2.75) is 39.0 Å². The summed E-state index contributed by atoms with van der Waals surface area (Å²) in [7, 11) is 1.88. The molecule has 0 saturated carbocycles. The van der Waals surface area contributed by atoms with Crippen LogP contribution in [0.5, 0.6) is 5.75 Å². The number of aromatic nitrogens is 5. The van der Waals surface area contributed by atoms with Crippen LogP contribution in [0.3, 0.4) is 0 Å². The Morgan fingerprint density at radius 2 is 1.96 bits per heavy atom. The molecule has 2 aromatic carbocycles. The fraction of sp³-hybridized carbons (Fsp3) is 0.257. The van der Waals surface area contributed by atoms with Gasteiger partial charge in [0.05, 0.1) is 46.9 Å². The van der Waals surface area contributed by atoms with Gasteiger partial charge in [0.2, 0.25) is 5.91 Å². The van der Waals surface area contributed by atoms with Crippen LogP contribution in [0.2, 0.25) is 0 Å². The zero-order valence-electron chi connectivity index (χ0n) is 26.3. The lowest BCUT2D eigenvalue weighted by atomic mass is 9.96. The van der Waals surface area contributed by atoms with E-state index in [-0.39, 0.29) is 29.9 Å². The van der Waals surface area contributed by atoms with Crippen molar-refractivity contribution in [1.29, 1.82) is 0 Å². The molecule has 240 valence electrons. The van der Waals surface area contributed by atoms with Gasteiger partial charge < -0.3 is 14.7 Å². The van der Waals surface area contributed by atoms with Crippen molar-refractivity contribution in [3.8, 4) is 39.5 Å². The summed E-state index contributed by atoms with van der Waals surface area (Å²) < 4.78 is 41.1. The van der Waals surface area contributed by atoms with Gasteiger partial charge in [0.25, 0.3) is 0 Å². The van der Waals surface area contributed by atoms with Crippen LogP contribution in [0.4, 0.5) is 8.78 Å². The molecule has 1 aliphatic heterocycles. The molecule has 4 aromatic heterocycles. The number of pyridine rings is 1. The van der Waals surface area contributed by atoms with E-state index in [2.05, 4.69) is 11.7 Å². The van der Waals surface area contributed by atoms with Crippen LogP contribution in [0, 0.1) is 11.6 Å². The van der Waals surface area contributed by atoms with E-state index in [1.54, 1.807) is 29.6 Å². The first kappa shape index (κ1) is 30.7. The molecule has 1 aliphatic rings. The average molecular weight is 655 g/mol. The van der Waals surface area contributed by atoms with Gasteiger partial charge >= 0.3 is 0 Å². The number of fused-ring (bicyclic) bond motifs is 3. The lowest BCUT2D eigenvalue weighted by molar-refractivity contribution is -0.129. The third-order valence-electron chi connectivity index (χ3n) is 8.44. The highest BCUT2D eigenvalue weighted by molar-refractivity contribution is 7.18. The maximum Gasteiger partial charge on any atom is 0.246 e. The molecule has 1 unspecified atom stereocenters. The number of carbonyl (C=O) groups excluding carboxylic acids is 1. The lowest BCUT2D eigenvalue weighted by Crippen LogP contribution is -2.40. The van der Waals surface area contributed by atoms with E-state index in [0.717, 1.165) is 39.7 Å². The summed E-state index contributed by atoms with van der Waals surface area (Å²) in [5, 5.41) is 23.3. The van der Waals surface area contributed by atoms with Crippen LogP contribution in [0.25, 0.3) is 54.8 Å². The Morgan fingerprint density at radius 1 is 1.15 bits per heavy atom. The number of benzene rings is 2. The van der Waals surface area contributed by atoms with E-state index in [1.807, 2.05) is 54.4 Å². The van der Waals surface area contributed by atoms with Crippen LogP contribution in [0.1, 0.15) is 32.5 Å². The van der Waals surface area contributed by atoms with Crippen molar-refractivity contribution in [2.75, 3.05) is 13.2 Å². The molecule has 0 radical (unpaired) electrons. The van der Waals surface area contributed by atoms with Crippen molar-refractivity contribution in [3.05, 3.63) is 84.0 Å². The number of carbonyl (C=O) groups is 1. The first-order valence-electron chi connectivity index (χ1n) is 15.1. The maximum atomic E-state index is 16.1. The SMILES string of the molecule is C=CC(=O)N1CCn2nc(-c3nc(-c4ccc5c(cnn5C)c4)c4ccsc4c3-c3c(F)cc(F)cc3OCC(C)(C)O)cc2C1C. The number of aryl methyl sites for hydroxylation is 1. The summed E-state index contributed by atoms with van der Waals surface area (Å²) in [5.74, 6) is -1.89. The third kappa shape index (κ3) is 5.36. The molecule has 0 spiro atoms. The predicted molar refractivity (Wildman–Crippen MR) is 178 cm³/mol. The van der Waals surface area contributed by atoms with Crippen molar-refractivity contribution >= 4 is 38.2 Å². The molecule has 47 heavy (non-hydrogen) atoms. The zero-order valence-corrected chi connectivity index (χ0v) is 27.1. The van der Waals surface area contributed by atoms with Crippen LogP contribution in [-0.2, 0) is 18.4 Å². The molecule has 7 rings (SSSR count). The Morgan fingerprint density at radius 3 is 2.72 bits per heavy atom. The molecule has 5 heterocycles. The number of hydrogen-bond donors (Lipinski definition) is 1. The van der Waals surface area contributed by atoms with Gasteiger partial charge in [0.1, 0.15) is 35.4 Å². The van der Waals surface area contributed by atoms with E-state index in [4.69, 9.17) is 14.8 Å². The smallest absolute Gasteiger partial charge is 0.246 e. The first-order valence-corrected chi connectivity index (χ1v) is 16.0. The van der Waals surface area contributed by atoms with Crippen LogP contribution in [-0.4, -0.2) is 59.2 Å². The van der Waals surface area contributed by atoms with E-state index >= 15 is 4.39 Å². The Labute approximate surface area is 273 Å². The van der Waals surface area contributed by atoms with Gasteiger partial charge in [-0.3, -0.25) is 14.2 Å². The van der Waals surface area contributed by atoms with E-state index in [9.17, 15) is 14.3 Å². The molecule has 1 atom stereocenters. The molecule has 0 fully saturated rings. The van der Waals surface area contributed by atoms with Crippen molar-refractivity contribution in [2.24, 2.45) is 7.05 Å². The topological polar surface area (TPSA) is 98.3 Å². The maximum absolute atomic E-state index is 16.1. The fourth-order valence-corrected chi connectivity index (χ4v) is 7.12. The quantitative estimate of drug-likeness (QED) is 0.188. The van der Waals surface area contributed by atoms with Gasteiger partial charge in [-0.1, -0.05) is 12.6 Å². The largest absolute Gasteiger partial charge is 0.490 e. The molecule has 1 amide bonds. The summed E-state index contributed by atoms with van der Waals surface area (Å²) in [6, 6.07) is 11.4. The van der Waals surface area contributed by atoms with Gasteiger partial charge in [-0.2, -0.15) is 10.2 Å². The summed E-state index contributed by atoms with van der Waals surface area (Å²) in [6.45, 7) is 9.36. The van der Waals surface area contributed by atoms with Crippen molar-refractivity contribution in [1.82, 2.24) is 29.4 Å². The van der Waals surface area contributed by atoms with Gasteiger partial charge in [-0.15, -0.1) is 11.3 Å². The van der Waals surface area contributed by atoms with Crippen molar-refractivity contribution in [3.63, 3.8) is 0 Å². The summed E-state index contributed by atoms with van der Waals surface area (Å²) in [5.41, 5.74) is 3.23. The average Bonchev–Trinajstić information content (AvgIpc) is 3.78. The summed E-state index contributed by atoms with van der Waals surface area (Å²) in [4.78, 5) is 19.5. The van der Waals surface area contributed by atoms with E-state index in [0.29, 0.717) is 40.4 Å². The van der Waals surface area contributed by atoms with Crippen LogP contribution < -0.4 is 4.74 Å². The number of amides is 1. The zero-order chi connectivity index (χ0) is 33.2. The monoisotopic (exact) mass is 654 g/mol. The highest BCUT2D eigenvalue weighted by Gasteiger charge is 2.31. The number of rotatable bonds is 7. The minimum atomic E-state index is -1.26. The minimum Gasteiger partial charge on any atom is -0.490 e. The first-order chi connectivity index (χ1) is 22.4. The number of aliphatic hydroxyl groups is 1. The van der Waals surface area contributed by atoms with E-state index in [1.165, 1.54) is 17.4 Å². The number of hydrogen-bond acceptors (Lipinski definition) is 7. The molecule has 0 bridgehead atoms. The normalized spacial score (nSPS) is 15.0. The van der Waals surface area contributed by atoms with Gasteiger partial charge in [-0.25, -0.2) is 13.8 Å². The number of halogens is 2. The number of thiophene rings is 1. The second kappa shape index (κ2) is 11.4. The second-order valence-corrected chi connectivity index (χ2v) is 13.3. The lowest BCUT2D eigenvalue weighted by Gasteiger charge is -2.33. The number of nitrogens with zero attached hydrogens (tertiary/aromatic N) is 6. The Kier molecular flexibility index (Phi) is 7.44. The summed E-state index contributed by atoms with van der Waals surface area (Å²) >= 11 is 1.40. The molecular weight excluding hydrogens is 622 g/mol. The van der Waals surface area contributed by atoms with Crippen molar-refractivity contribution < 1.29 is 23.4 Å². The van der Waals surface area contributed by atoms with Gasteiger partial charge in [0.15, 0.2) is 0 Å². The Bertz CT molecular complexity index is 2210. The standard InChI is InChI=1S/C35H32F2N6O3S/c1-6-29(44)42-10-11-43-27(19(42)2)16-25(40-43)33-31(30-24(37)14-22(36)15-28(30)46-18-35(3,4)45)34-23(9-12-47-34)32(39-33)20-7-8-26-21(13-20)17-38-41(26)5/h6-9,12-17,19,45H,1,10-11,18H2,2-5H3. The van der Waals surface area contributed by atoms with Crippen LogP contribution in [0.15, 0.2) is 66.7 Å². The van der Waals surface area contributed by atoms with Crippen LogP contribution >= 0.6 is 11.3 Å². The fourth-order valence-electron chi connectivity index (χ4n) is 6.17. The molecule has 6 aromatic rings. The highest BCUT2D eigenvalue weighted by atomic mass is 32.1. The molecule has 12 heteroatoms. The molecular formula is C35H32F2N6O3S. The Balaban J connectivity index is 1.51. The Hall–Kier alpha value is -4.94. The van der Waals surface area contributed by atoms with Gasteiger partial charge in [-0.05, 0) is 56.5 Å². The van der Waals surface area contributed by atoms with Gasteiger partial charge in [0, 0.05) is 52.3 Å². The highest BCUT2D eigenvalue weighted by Crippen LogP contribution is 2.47. The molecule has 1 N–H and O–H groups in total. The molecule has 0 saturated heterocycles. The molecule has 9 nitrogen and oxygen atoms in total. The predicted octanol–water partition coefficient (Wildman–Crippen LogP) is 6.90. The third-order valence-corrected chi connectivity index (χ3v) is 9.37. The molecule has 0 aliphatic carbocycles. The summed E-state index contributed by atoms with van der Waals surface area (Å²) in [6.07, 6.45) is 3.09. The number of ether oxygens (including phenoxy) is 1. The van der Waals surface area contributed by atoms with E-state index < -0.39 is 17.2 Å². The minimum absolute atomic E-state index is 0.0161. The second-order valence-electron chi connectivity index (χ2n) is 12.3.